The van der Waals surface area contributed by atoms with Crippen molar-refractivity contribution in [1.29, 1.82) is 0 Å². The van der Waals surface area contributed by atoms with Gasteiger partial charge in [0.1, 0.15) is 0 Å². The number of aromatic nitrogens is 1. The first kappa shape index (κ1) is 25.1. The largest absolute Gasteiger partial charge is 0.442 e. The maximum absolute atomic E-state index is 13.6. The molecule has 2 aromatic carbocycles. The highest BCUT2D eigenvalue weighted by Crippen LogP contribution is 2.52. The minimum absolute atomic E-state index is 0.118. The van der Waals surface area contributed by atoms with Crippen LogP contribution in [0.15, 0.2) is 70.9 Å². The van der Waals surface area contributed by atoms with E-state index in [1.54, 1.807) is 12.1 Å². The molecule has 3 aliphatic rings. The van der Waals surface area contributed by atoms with Crippen molar-refractivity contribution in [2.45, 2.75) is 36.9 Å². The number of carbonyl (C=O) groups excluding carboxylic acids is 1. The first-order valence-electron chi connectivity index (χ1n) is 12.1. The first-order valence-corrected chi connectivity index (χ1v) is 12.1. The van der Waals surface area contributed by atoms with Gasteiger partial charge in [0.2, 0.25) is 0 Å². The van der Waals surface area contributed by atoms with Crippen LogP contribution in [0.1, 0.15) is 24.0 Å². The van der Waals surface area contributed by atoms with E-state index >= 15 is 0 Å². The molecule has 0 spiro atoms. The summed E-state index contributed by atoms with van der Waals surface area (Å²) < 4.78 is 80.3. The second kappa shape index (κ2) is 8.68. The summed E-state index contributed by atoms with van der Waals surface area (Å²) in [5, 5.41) is 9.08. The van der Waals surface area contributed by atoms with E-state index in [1.165, 1.54) is 41.3 Å². The summed E-state index contributed by atoms with van der Waals surface area (Å²) in [6, 6.07) is 12.5. The van der Waals surface area contributed by atoms with Gasteiger partial charge in [-0.05, 0) is 49.2 Å². The van der Waals surface area contributed by atoms with Crippen LogP contribution in [0.3, 0.4) is 0 Å². The summed E-state index contributed by atoms with van der Waals surface area (Å²) in [6.45, 7) is 1.26. The van der Waals surface area contributed by atoms with Gasteiger partial charge < -0.3 is 10.2 Å². The minimum atomic E-state index is -4.71. The zero-order valence-corrected chi connectivity index (χ0v) is 20.1. The highest BCUT2D eigenvalue weighted by atomic mass is 19.4. The van der Waals surface area contributed by atoms with Crippen molar-refractivity contribution in [3.05, 3.63) is 71.8 Å². The molecule has 7 nitrogen and oxygen atoms in total. The zero-order chi connectivity index (χ0) is 27.6. The summed E-state index contributed by atoms with van der Waals surface area (Å²) >= 11 is 0. The van der Waals surface area contributed by atoms with Crippen LogP contribution >= 0.6 is 0 Å². The topological polar surface area (TPSA) is 73.2 Å². The van der Waals surface area contributed by atoms with Crippen LogP contribution in [-0.2, 0) is 11.8 Å². The molecule has 1 aromatic heterocycles. The summed E-state index contributed by atoms with van der Waals surface area (Å²) in [6.07, 6.45) is -7.78. The Morgan fingerprint density at radius 1 is 0.974 bits per heavy atom. The predicted molar refractivity (Wildman–Crippen MR) is 130 cm³/mol. The fraction of sp³-hybridized carbons (Fsp3) is 0.308. The average Bonchev–Trinajstić information content (AvgIpc) is 3.71. The maximum atomic E-state index is 13.6. The number of nitrogens with one attached hydrogen (secondary N) is 1. The normalized spacial score (nSPS) is 19.5. The van der Waals surface area contributed by atoms with Crippen molar-refractivity contribution in [2.24, 2.45) is 10.2 Å². The number of pyridine rings is 1. The van der Waals surface area contributed by atoms with Crippen LogP contribution in [0.4, 0.5) is 48.3 Å². The molecule has 1 saturated heterocycles. The highest BCUT2D eigenvalue weighted by Gasteiger charge is 2.65. The van der Waals surface area contributed by atoms with Gasteiger partial charge >= 0.3 is 24.0 Å². The van der Waals surface area contributed by atoms with E-state index in [9.17, 15) is 31.1 Å². The molecule has 1 N–H and O–H groups in total. The third kappa shape index (κ3) is 4.35. The lowest BCUT2D eigenvalue weighted by atomic mass is 9.99. The van der Waals surface area contributed by atoms with E-state index in [0.29, 0.717) is 18.7 Å². The van der Waals surface area contributed by atoms with E-state index in [-0.39, 0.29) is 34.4 Å². The molecule has 0 saturated carbocycles. The van der Waals surface area contributed by atoms with Gasteiger partial charge in [-0.2, -0.15) is 26.3 Å². The average molecular weight is 546 g/mol. The van der Waals surface area contributed by atoms with Crippen molar-refractivity contribution in [1.82, 2.24) is 4.98 Å². The number of rotatable bonds is 3. The number of urea groups is 1. The first-order chi connectivity index (χ1) is 18.5. The summed E-state index contributed by atoms with van der Waals surface area (Å²) in [4.78, 5) is 21.7. The van der Waals surface area contributed by atoms with E-state index in [4.69, 9.17) is 0 Å². The molecule has 2 bridgehead atoms. The van der Waals surface area contributed by atoms with Crippen LogP contribution < -0.4 is 15.1 Å². The van der Waals surface area contributed by atoms with Gasteiger partial charge in [0.05, 0.1) is 23.0 Å². The van der Waals surface area contributed by atoms with Crippen LogP contribution in [0.25, 0.3) is 11.3 Å². The Hall–Kier alpha value is -4.16. The zero-order valence-electron chi connectivity index (χ0n) is 20.1. The molecule has 6 rings (SSSR count). The summed E-state index contributed by atoms with van der Waals surface area (Å²) in [7, 11) is 0. The molecule has 1 fully saturated rings. The quantitative estimate of drug-likeness (QED) is 0.361. The van der Waals surface area contributed by atoms with Crippen molar-refractivity contribution in [3.8, 4) is 11.3 Å². The highest BCUT2D eigenvalue weighted by molar-refractivity contribution is 6.04. The Balaban J connectivity index is 1.34. The van der Waals surface area contributed by atoms with Crippen LogP contribution in [0.2, 0.25) is 0 Å². The molecule has 3 aliphatic heterocycles. The van der Waals surface area contributed by atoms with Gasteiger partial charge in [-0.1, -0.05) is 24.3 Å². The Morgan fingerprint density at radius 3 is 2.46 bits per heavy atom. The summed E-state index contributed by atoms with van der Waals surface area (Å²) in [5.41, 5.74) is -2.41. The smallest absolute Gasteiger partial charge is 0.366 e. The molecule has 1 atom stereocenters. The number of fused-ring (bicyclic) bond motifs is 4. The fourth-order valence-corrected chi connectivity index (χ4v) is 5.14. The second-order valence-corrected chi connectivity index (χ2v) is 9.61. The van der Waals surface area contributed by atoms with Gasteiger partial charge in [0.25, 0.3) is 0 Å². The maximum Gasteiger partial charge on any atom is 0.442 e. The number of amides is 2. The number of hydrogen-bond acceptors (Lipinski definition) is 5. The molecule has 3 aromatic rings. The Labute approximate surface area is 218 Å². The molecule has 202 valence electrons. The van der Waals surface area contributed by atoms with E-state index in [1.807, 2.05) is 0 Å². The molecular formula is C26H20F6N6O. The number of benzene rings is 2. The van der Waals surface area contributed by atoms with Crippen LogP contribution in [0, 0.1) is 0 Å². The second-order valence-electron chi connectivity index (χ2n) is 9.61. The number of halogens is 6. The lowest BCUT2D eigenvalue weighted by molar-refractivity contribution is -0.166. The van der Waals surface area contributed by atoms with Crippen LogP contribution in [-0.4, -0.2) is 36.3 Å². The molecule has 1 unspecified atom stereocenters. The molecule has 2 amide bonds. The third-order valence-corrected chi connectivity index (χ3v) is 7.10. The molecule has 0 aliphatic carbocycles. The predicted octanol–water partition coefficient (Wildman–Crippen LogP) is 6.97. The van der Waals surface area contributed by atoms with Gasteiger partial charge in [0, 0.05) is 29.9 Å². The molecule has 4 heterocycles. The number of hydrogen-bond donors (Lipinski definition) is 1. The SMILES string of the molecule is O=C(Nc1cccc(C2(C(F)(F)F)N=N2)c1)N1c2nc(-c3cccc(C(F)(F)F)c3)ccc2N2CCCC1C2. The van der Waals surface area contributed by atoms with Gasteiger partial charge in [-0.3, -0.25) is 4.90 Å². The number of piperidine rings is 1. The Bertz CT molecular complexity index is 1480. The minimum Gasteiger partial charge on any atom is -0.366 e. The molecule has 39 heavy (non-hydrogen) atoms. The van der Waals surface area contributed by atoms with Crippen molar-refractivity contribution < 1.29 is 31.1 Å². The number of anilines is 3. The molecule has 0 radical (unpaired) electrons. The van der Waals surface area contributed by atoms with Crippen molar-refractivity contribution in [2.75, 3.05) is 28.2 Å². The monoisotopic (exact) mass is 546 g/mol. The van der Waals surface area contributed by atoms with E-state index < -0.39 is 29.6 Å². The van der Waals surface area contributed by atoms with Gasteiger partial charge in [-0.25, -0.2) is 9.78 Å². The van der Waals surface area contributed by atoms with Crippen molar-refractivity contribution >= 4 is 23.2 Å². The van der Waals surface area contributed by atoms with Crippen molar-refractivity contribution in [3.63, 3.8) is 0 Å². The number of alkyl halides is 6. The van der Waals surface area contributed by atoms with Crippen LogP contribution in [0.5, 0.6) is 0 Å². The Kier molecular flexibility index (Phi) is 5.59. The molecule has 13 heteroatoms. The standard InChI is InChI=1S/C26H20F6N6O/c27-25(28,29)17-6-1-4-15(12-17)20-9-10-21-22(34-20)38(19-8-3-11-37(21)14-19)23(39)33-18-7-2-5-16(13-18)24(35-36-24)26(30,31)32/h1-2,4-7,9-10,12-13,19H,3,8,11,14H2,(H,33,39). The summed E-state index contributed by atoms with van der Waals surface area (Å²) in [5.74, 6) is 0.272. The van der Waals surface area contributed by atoms with E-state index in [2.05, 4.69) is 25.4 Å². The van der Waals surface area contributed by atoms with E-state index in [0.717, 1.165) is 25.1 Å². The van der Waals surface area contributed by atoms with Gasteiger partial charge in [0.15, 0.2) is 5.82 Å². The fourth-order valence-electron chi connectivity index (χ4n) is 5.14. The lowest BCUT2D eigenvalue weighted by Crippen LogP contribution is -2.56. The number of carbonyl (C=O) groups is 1. The third-order valence-electron chi connectivity index (χ3n) is 7.10. The Morgan fingerprint density at radius 2 is 1.74 bits per heavy atom. The lowest BCUT2D eigenvalue weighted by Gasteiger charge is -2.45. The number of nitrogens with zero attached hydrogens (tertiary/aromatic N) is 5. The molecular weight excluding hydrogens is 526 g/mol. The van der Waals surface area contributed by atoms with Gasteiger partial charge in [-0.15, -0.1) is 10.2 Å².